The van der Waals surface area contributed by atoms with E-state index in [4.69, 9.17) is 5.73 Å². The van der Waals surface area contributed by atoms with E-state index in [0.29, 0.717) is 15.4 Å². The van der Waals surface area contributed by atoms with Crippen LogP contribution in [-0.2, 0) is 10.0 Å². The van der Waals surface area contributed by atoms with Crippen molar-refractivity contribution in [3.63, 3.8) is 0 Å². The van der Waals surface area contributed by atoms with Crippen molar-refractivity contribution < 1.29 is 21.6 Å². The molecule has 0 saturated heterocycles. The van der Waals surface area contributed by atoms with Gasteiger partial charge in [0.1, 0.15) is 11.4 Å². The number of alkyl halides is 3. The largest absolute Gasteiger partial charge is 0.402 e. The molecule has 0 amide bonds. The van der Waals surface area contributed by atoms with Gasteiger partial charge in [-0.15, -0.1) is 0 Å². The number of hydrogen-bond acceptors (Lipinski definition) is 3. The number of rotatable bonds is 4. The molecule has 0 fully saturated rings. The van der Waals surface area contributed by atoms with E-state index < -0.39 is 22.7 Å². The zero-order valence-corrected chi connectivity index (χ0v) is 12.3. The first kappa shape index (κ1) is 16.8. The van der Waals surface area contributed by atoms with E-state index in [-0.39, 0.29) is 17.1 Å². The van der Waals surface area contributed by atoms with E-state index in [2.05, 4.69) is 0 Å². The van der Waals surface area contributed by atoms with Gasteiger partial charge in [0.2, 0.25) is 10.0 Å². The Morgan fingerprint density at radius 2 is 1.80 bits per heavy atom. The van der Waals surface area contributed by atoms with Crippen molar-refractivity contribution in [3.8, 4) is 0 Å². The van der Waals surface area contributed by atoms with Gasteiger partial charge in [0.05, 0.1) is 5.69 Å². The van der Waals surface area contributed by atoms with Crippen LogP contribution in [0.15, 0.2) is 17.0 Å². The molecule has 0 saturated carbocycles. The lowest BCUT2D eigenvalue weighted by atomic mass is 10.1. The maximum Gasteiger partial charge on any atom is 0.402 e. The van der Waals surface area contributed by atoms with Crippen LogP contribution in [0, 0.1) is 13.8 Å². The molecule has 1 aromatic rings. The number of nitrogen functional groups attached to an aromatic ring is 1. The lowest BCUT2D eigenvalue weighted by Crippen LogP contribution is -2.39. The Labute approximate surface area is 116 Å². The molecule has 0 unspecified atom stereocenters. The predicted molar refractivity (Wildman–Crippen MR) is 70.8 cm³/mol. The van der Waals surface area contributed by atoms with Crippen molar-refractivity contribution in [1.29, 1.82) is 0 Å². The van der Waals surface area contributed by atoms with Crippen molar-refractivity contribution in [2.45, 2.75) is 31.8 Å². The molecule has 0 spiro atoms. The molecular weight excluding hydrogens is 293 g/mol. The molecule has 8 heteroatoms. The summed E-state index contributed by atoms with van der Waals surface area (Å²) in [5.41, 5.74) is 6.62. The Balaban J connectivity index is 3.39. The normalized spacial score (nSPS) is 12.9. The number of anilines is 1. The summed E-state index contributed by atoms with van der Waals surface area (Å²) in [5.74, 6) is 0. The first-order valence-electron chi connectivity index (χ1n) is 5.93. The third-order valence-corrected chi connectivity index (χ3v) is 5.14. The van der Waals surface area contributed by atoms with E-state index in [0.717, 1.165) is 0 Å². The second-order valence-corrected chi connectivity index (χ2v) is 6.35. The van der Waals surface area contributed by atoms with Crippen molar-refractivity contribution in [2.75, 3.05) is 18.8 Å². The lowest BCUT2D eigenvalue weighted by Gasteiger charge is -2.24. The van der Waals surface area contributed by atoms with Crippen LogP contribution in [0.4, 0.5) is 18.9 Å². The Hall–Kier alpha value is -1.28. The third-order valence-electron chi connectivity index (χ3n) is 3.01. The highest BCUT2D eigenvalue weighted by atomic mass is 32.2. The Morgan fingerprint density at radius 1 is 1.25 bits per heavy atom. The monoisotopic (exact) mass is 310 g/mol. The van der Waals surface area contributed by atoms with E-state index in [1.54, 1.807) is 13.0 Å². The maximum atomic E-state index is 12.5. The SMILES string of the molecule is CCN(CC(F)(F)F)S(=O)(=O)c1c(N)ccc(C)c1C. The Morgan fingerprint density at radius 3 is 2.25 bits per heavy atom. The quantitative estimate of drug-likeness (QED) is 0.869. The number of sulfonamides is 1. The minimum absolute atomic E-state index is 0.0475. The summed E-state index contributed by atoms with van der Waals surface area (Å²) in [6, 6.07) is 3.01. The molecule has 20 heavy (non-hydrogen) atoms. The summed E-state index contributed by atoms with van der Waals surface area (Å²) >= 11 is 0. The predicted octanol–water partition coefficient (Wildman–Crippen LogP) is 2.46. The van der Waals surface area contributed by atoms with Crippen molar-refractivity contribution in [3.05, 3.63) is 23.3 Å². The highest BCUT2D eigenvalue weighted by Crippen LogP contribution is 2.30. The molecule has 0 aliphatic rings. The van der Waals surface area contributed by atoms with Crippen LogP contribution in [-0.4, -0.2) is 32.0 Å². The lowest BCUT2D eigenvalue weighted by molar-refractivity contribution is -0.135. The number of aryl methyl sites for hydroxylation is 1. The van der Waals surface area contributed by atoms with Crippen LogP contribution in [0.25, 0.3) is 0 Å². The number of halogens is 3. The van der Waals surface area contributed by atoms with Gasteiger partial charge in [-0.05, 0) is 31.0 Å². The summed E-state index contributed by atoms with van der Waals surface area (Å²) < 4.78 is 62.6. The number of benzene rings is 1. The minimum atomic E-state index is -4.60. The fourth-order valence-corrected chi connectivity index (χ4v) is 3.68. The van der Waals surface area contributed by atoms with Crippen LogP contribution < -0.4 is 5.73 Å². The van der Waals surface area contributed by atoms with Crippen LogP contribution >= 0.6 is 0 Å². The van der Waals surface area contributed by atoms with E-state index in [1.165, 1.54) is 19.9 Å². The van der Waals surface area contributed by atoms with Crippen molar-refractivity contribution in [1.82, 2.24) is 4.31 Å². The van der Waals surface area contributed by atoms with Crippen LogP contribution in [0.1, 0.15) is 18.1 Å². The fraction of sp³-hybridized carbons (Fsp3) is 0.500. The van der Waals surface area contributed by atoms with Gasteiger partial charge in [0.15, 0.2) is 0 Å². The van der Waals surface area contributed by atoms with E-state index in [1.807, 2.05) is 0 Å². The molecule has 4 nitrogen and oxygen atoms in total. The summed E-state index contributed by atoms with van der Waals surface area (Å²) in [6.07, 6.45) is -4.60. The molecule has 0 atom stereocenters. The molecule has 2 N–H and O–H groups in total. The molecule has 1 aromatic carbocycles. The summed E-state index contributed by atoms with van der Waals surface area (Å²) in [5, 5.41) is 0. The summed E-state index contributed by atoms with van der Waals surface area (Å²) in [6.45, 7) is 2.74. The first-order valence-corrected chi connectivity index (χ1v) is 7.37. The molecular formula is C12H17F3N2O2S. The fourth-order valence-electron chi connectivity index (χ4n) is 1.85. The molecule has 0 aromatic heterocycles. The van der Waals surface area contributed by atoms with Crippen LogP contribution in [0.5, 0.6) is 0 Å². The van der Waals surface area contributed by atoms with Gasteiger partial charge in [-0.25, -0.2) is 8.42 Å². The molecule has 0 radical (unpaired) electrons. The molecule has 0 bridgehead atoms. The topological polar surface area (TPSA) is 63.4 Å². The van der Waals surface area contributed by atoms with Crippen molar-refractivity contribution >= 4 is 15.7 Å². The maximum absolute atomic E-state index is 12.5. The average molecular weight is 310 g/mol. The van der Waals surface area contributed by atoms with Crippen molar-refractivity contribution in [2.24, 2.45) is 0 Å². The zero-order valence-electron chi connectivity index (χ0n) is 11.5. The molecule has 0 aliphatic heterocycles. The minimum Gasteiger partial charge on any atom is -0.398 e. The number of hydrogen-bond donors (Lipinski definition) is 1. The first-order chi connectivity index (χ1) is 9.00. The summed E-state index contributed by atoms with van der Waals surface area (Å²) in [4.78, 5) is -0.247. The highest BCUT2D eigenvalue weighted by Gasteiger charge is 2.37. The van der Waals surface area contributed by atoms with Gasteiger partial charge in [0, 0.05) is 6.54 Å². The standard InChI is InChI=1S/C12H17F3N2O2S/c1-4-17(7-12(13,14)15)20(18,19)11-9(3)8(2)5-6-10(11)16/h5-6H,4,7,16H2,1-3H3. The summed E-state index contributed by atoms with van der Waals surface area (Å²) in [7, 11) is -4.28. The molecule has 0 aliphatic carbocycles. The van der Waals surface area contributed by atoms with E-state index >= 15 is 0 Å². The van der Waals surface area contributed by atoms with Crippen LogP contribution in [0.2, 0.25) is 0 Å². The van der Waals surface area contributed by atoms with Gasteiger partial charge < -0.3 is 5.73 Å². The number of nitrogens with two attached hydrogens (primary N) is 1. The molecule has 114 valence electrons. The van der Waals surface area contributed by atoms with Gasteiger partial charge in [-0.1, -0.05) is 13.0 Å². The number of nitrogens with zero attached hydrogens (tertiary/aromatic N) is 1. The highest BCUT2D eigenvalue weighted by molar-refractivity contribution is 7.89. The van der Waals surface area contributed by atoms with Gasteiger partial charge in [0.25, 0.3) is 0 Å². The van der Waals surface area contributed by atoms with Gasteiger partial charge in [-0.2, -0.15) is 17.5 Å². The Bertz CT molecular complexity index is 597. The molecule has 1 rings (SSSR count). The second-order valence-electron chi connectivity index (χ2n) is 4.47. The van der Waals surface area contributed by atoms with Gasteiger partial charge >= 0.3 is 6.18 Å². The average Bonchev–Trinajstić information content (AvgIpc) is 2.29. The van der Waals surface area contributed by atoms with Crippen LogP contribution in [0.3, 0.4) is 0 Å². The molecule has 0 heterocycles. The Kier molecular flexibility index (Phi) is 4.70. The van der Waals surface area contributed by atoms with Gasteiger partial charge in [-0.3, -0.25) is 0 Å². The zero-order chi connectivity index (χ0) is 15.7. The van der Waals surface area contributed by atoms with E-state index in [9.17, 15) is 21.6 Å². The third kappa shape index (κ3) is 3.43. The second kappa shape index (κ2) is 5.61. The smallest absolute Gasteiger partial charge is 0.398 e.